The van der Waals surface area contributed by atoms with E-state index in [1.54, 1.807) is 0 Å². The summed E-state index contributed by atoms with van der Waals surface area (Å²) in [6, 6.07) is 38.0. The lowest BCUT2D eigenvalue weighted by Crippen LogP contribution is -2.37. The molecule has 2 aliphatic heterocycles. The van der Waals surface area contributed by atoms with Crippen LogP contribution in [0.25, 0.3) is 28.3 Å². The lowest BCUT2D eigenvalue weighted by Gasteiger charge is -2.31. The Morgan fingerprint density at radius 2 is 1.21 bits per heavy atom. The minimum atomic E-state index is -0.574. The van der Waals surface area contributed by atoms with Gasteiger partial charge in [0.1, 0.15) is 5.69 Å². The molecule has 3 aliphatic rings. The maximum Gasteiger partial charge on any atom is 0.442 e. The maximum atomic E-state index is 5.10. The molecule has 4 aromatic carbocycles. The summed E-state index contributed by atoms with van der Waals surface area (Å²) in [7, 11) is -0.574. The lowest BCUT2D eigenvalue weighted by atomic mass is 9.95. The Morgan fingerprint density at radius 3 is 1.92 bits per heavy atom. The topological polar surface area (TPSA) is 41.7 Å². The van der Waals surface area contributed by atoms with Gasteiger partial charge in [-0.15, -0.1) is 0 Å². The van der Waals surface area contributed by atoms with Crippen molar-refractivity contribution < 1.29 is 0 Å². The molecule has 8 rings (SSSR count). The highest BCUT2D eigenvalue weighted by Crippen LogP contribution is 2.57. The van der Waals surface area contributed by atoms with Crippen molar-refractivity contribution in [3.8, 4) is 22.8 Å². The van der Waals surface area contributed by atoms with Gasteiger partial charge in [0.25, 0.3) is 0 Å². The normalized spacial score (nSPS) is 18.5. The van der Waals surface area contributed by atoms with Gasteiger partial charge in [-0.25, -0.2) is 0 Å². The number of fused-ring (bicyclic) bond motifs is 5. The minimum absolute atomic E-state index is 0.277. The molecule has 38 heavy (non-hydrogen) atoms. The molecule has 2 unspecified atom stereocenters. The highest BCUT2D eigenvalue weighted by Gasteiger charge is 2.47. The van der Waals surface area contributed by atoms with E-state index >= 15 is 0 Å². The first-order chi connectivity index (χ1) is 18.9. The van der Waals surface area contributed by atoms with Gasteiger partial charge in [0, 0.05) is 16.4 Å². The number of allylic oxidation sites excluding steroid dienone is 4. The molecule has 0 amide bonds. The summed E-state index contributed by atoms with van der Waals surface area (Å²) in [5.74, 6) is 1.99. The summed E-state index contributed by atoms with van der Waals surface area (Å²) < 4.78 is 2.27. The number of aromatic nitrogens is 3. The van der Waals surface area contributed by atoms with E-state index in [0.29, 0.717) is 17.6 Å². The summed E-state index contributed by atoms with van der Waals surface area (Å²) in [4.78, 5) is 15.1. The first-order valence-electron chi connectivity index (χ1n) is 12.8. The molecule has 0 saturated heterocycles. The number of nitrogens with zero attached hydrogens (tertiary/aromatic N) is 4. The molecule has 0 N–H and O–H groups in total. The van der Waals surface area contributed by atoms with Gasteiger partial charge < -0.3 is 0 Å². The molecule has 5 heteroatoms. The molecule has 1 aromatic heterocycles. The largest absolute Gasteiger partial charge is 0.442 e. The highest BCUT2D eigenvalue weighted by atomic mass is 31.1. The van der Waals surface area contributed by atoms with Crippen LogP contribution >= 0.6 is 7.92 Å². The van der Waals surface area contributed by atoms with Gasteiger partial charge in [-0.1, -0.05) is 91.0 Å². The van der Waals surface area contributed by atoms with E-state index in [0.717, 1.165) is 16.8 Å². The van der Waals surface area contributed by atoms with Crippen LogP contribution in [-0.2, 0) is 0 Å². The fraction of sp³-hybridized carbons (Fsp3) is 0.0303. The van der Waals surface area contributed by atoms with Crippen LogP contribution in [0.5, 0.6) is 0 Å². The van der Waals surface area contributed by atoms with Crippen molar-refractivity contribution in [3.05, 3.63) is 133 Å². The molecular weight excluding hydrogens is 483 g/mol. The fourth-order valence-corrected chi connectivity index (χ4v) is 8.91. The van der Waals surface area contributed by atoms with Gasteiger partial charge in [0.2, 0.25) is 11.6 Å². The monoisotopic (exact) mass is 505 g/mol. The zero-order valence-corrected chi connectivity index (χ0v) is 21.3. The third-order valence-electron chi connectivity index (χ3n) is 7.38. The Hall–Kier alpha value is -4.53. The van der Waals surface area contributed by atoms with Gasteiger partial charge in [0.05, 0.1) is 11.4 Å². The number of hydrogen-bond acceptors (Lipinski definition) is 3. The van der Waals surface area contributed by atoms with Gasteiger partial charge in [-0.05, 0) is 70.7 Å². The maximum absolute atomic E-state index is 5.10. The first kappa shape index (κ1) is 21.5. The van der Waals surface area contributed by atoms with Crippen LogP contribution in [0.3, 0.4) is 0 Å². The van der Waals surface area contributed by atoms with Crippen molar-refractivity contribution in [3.63, 3.8) is 0 Å². The molecule has 3 heterocycles. The van der Waals surface area contributed by atoms with Crippen LogP contribution in [0.4, 0.5) is 11.6 Å². The summed E-state index contributed by atoms with van der Waals surface area (Å²) in [6.07, 6.45) is 6.72. The smallest absolute Gasteiger partial charge is 0.195 e. The average Bonchev–Trinajstić information content (AvgIpc) is 3.34. The van der Waals surface area contributed by atoms with Crippen LogP contribution in [0.2, 0.25) is 0 Å². The van der Waals surface area contributed by atoms with Gasteiger partial charge in [0.15, 0.2) is 0 Å². The highest BCUT2D eigenvalue weighted by molar-refractivity contribution is 7.76. The molecule has 178 valence electrons. The molecule has 1 aliphatic carbocycles. The molecule has 0 fully saturated rings. The Morgan fingerprint density at radius 1 is 0.605 bits per heavy atom. The molecule has 0 bridgehead atoms. The Bertz CT molecular complexity index is 1770. The second-order valence-corrected chi connectivity index (χ2v) is 11.8. The van der Waals surface area contributed by atoms with E-state index in [4.69, 9.17) is 15.0 Å². The third kappa shape index (κ3) is 3.21. The van der Waals surface area contributed by atoms with Crippen molar-refractivity contribution in [1.82, 2.24) is 19.5 Å². The van der Waals surface area contributed by atoms with E-state index in [1.165, 1.54) is 27.5 Å². The van der Waals surface area contributed by atoms with Crippen molar-refractivity contribution >= 4 is 41.5 Å². The Kier molecular flexibility index (Phi) is 4.83. The van der Waals surface area contributed by atoms with Crippen molar-refractivity contribution in [2.75, 3.05) is 0 Å². The zero-order chi connectivity index (χ0) is 25.1. The van der Waals surface area contributed by atoms with Crippen LogP contribution < -0.4 is 15.2 Å². The Balaban J connectivity index is 1.42. The third-order valence-corrected chi connectivity index (χ3v) is 10.2. The zero-order valence-electron chi connectivity index (χ0n) is 20.4. The van der Waals surface area contributed by atoms with Crippen LogP contribution in [-0.4, -0.2) is 26.3 Å². The molecule has 4 nitrogen and oxygen atoms in total. The molecule has 5 aromatic rings. The van der Waals surface area contributed by atoms with Crippen molar-refractivity contribution in [1.29, 1.82) is 0 Å². The number of benzene rings is 4. The number of rotatable bonds is 3. The average molecular weight is 506 g/mol. The molecule has 0 radical (unpaired) electrons. The molecule has 2 atom stereocenters. The van der Waals surface area contributed by atoms with Gasteiger partial charge >= 0.3 is 5.95 Å². The summed E-state index contributed by atoms with van der Waals surface area (Å²) in [6.45, 7) is 0. The molecule has 0 spiro atoms. The van der Waals surface area contributed by atoms with E-state index in [-0.39, 0.29) is 5.66 Å². The van der Waals surface area contributed by atoms with E-state index in [2.05, 4.69) is 95.6 Å². The van der Waals surface area contributed by atoms with Gasteiger partial charge in [-0.3, -0.25) is 0 Å². The fourth-order valence-electron chi connectivity index (χ4n) is 5.75. The predicted molar refractivity (Wildman–Crippen MR) is 157 cm³/mol. The van der Waals surface area contributed by atoms with Crippen LogP contribution in [0, 0.1) is 0 Å². The second-order valence-electron chi connectivity index (χ2n) is 9.53. The van der Waals surface area contributed by atoms with E-state index in [1.807, 2.05) is 36.4 Å². The van der Waals surface area contributed by atoms with Gasteiger partial charge in [-0.2, -0.15) is 9.56 Å². The van der Waals surface area contributed by atoms with E-state index in [9.17, 15) is 0 Å². The number of para-hydroxylation sites is 1. The van der Waals surface area contributed by atoms with Crippen LogP contribution in [0.1, 0.15) is 5.56 Å². The SMILES string of the molecule is C1=CC2=[N+](c3nc(-c4ccccc4)nc(-c4ccccc4)n3)c3ccccc3P3c4ccccc4C(=C1)C23. The summed E-state index contributed by atoms with van der Waals surface area (Å²) >= 11 is 0. The Labute approximate surface area is 222 Å². The van der Waals surface area contributed by atoms with Crippen molar-refractivity contribution in [2.24, 2.45) is 0 Å². The first-order valence-corrected chi connectivity index (χ1v) is 14.2. The molecular formula is C33H22N4P+. The quantitative estimate of drug-likeness (QED) is 0.215. The number of hydrogen-bond donors (Lipinski definition) is 0. The minimum Gasteiger partial charge on any atom is -0.195 e. The summed E-state index contributed by atoms with van der Waals surface area (Å²) in [5.41, 5.74) is 7.36. The lowest BCUT2D eigenvalue weighted by molar-refractivity contribution is 0.922. The van der Waals surface area contributed by atoms with Crippen molar-refractivity contribution in [2.45, 2.75) is 5.66 Å². The van der Waals surface area contributed by atoms with E-state index < -0.39 is 7.92 Å². The summed E-state index contributed by atoms with van der Waals surface area (Å²) in [5, 5.41) is 2.82. The second kappa shape index (κ2) is 8.51. The predicted octanol–water partition coefficient (Wildman–Crippen LogP) is 6.26. The standard InChI is InChI=1S/C33H22N4P/c1-3-12-22(13-4-1)31-34-32(23-14-5-2-6-15-23)36-33(35-31)37-26-18-8-10-21-29(26)38-28-20-9-7-16-24(28)25-17-11-19-27(37)30(25)38/h1-21,30H/q+1. The van der Waals surface area contributed by atoms with Crippen LogP contribution in [0.15, 0.2) is 127 Å². The molecule has 0 saturated carbocycles.